The van der Waals surface area contributed by atoms with Gasteiger partial charge in [0.2, 0.25) is 0 Å². The predicted octanol–water partition coefficient (Wildman–Crippen LogP) is 6.37. The molecule has 0 spiro atoms. The topological polar surface area (TPSA) is 0 Å². The number of hydrogen-bond donors (Lipinski definition) is 0. The van der Waals surface area contributed by atoms with Crippen LogP contribution in [0.3, 0.4) is 0 Å². The zero-order valence-corrected chi connectivity index (χ0v) is 13.4. The molecule has 3 rings (SSSR count). The summed E-state index contributed by atoms with van der Waals surface area (Å²) < 4.78 is 2.94. The largest absolute Gasteiger partial charge is 0.142 e. The van der Waals surface area contributed by atoms with Crippen molar-refractivity contribution >= 4 is 32.1 Å². The van der Waals surface area contributed by atoms with Gasteiger partial charge in [-0.25, -0.2) is 0 Å². The Bertz CT molecular complexity index is 729. The van der Waals surface area contributed by atoms with Crippen LogP contribution in [0.4, 0.5) is 0 Å². The van der Waals surface area contributed by atoms with Gasteiger partial charge in [-0.15, -0.1) is 22.7 Å². The fourth-order valence-corrected chi connectivity index (χ4v) is 5.15. The van der Waals surface area contributed by atoms with Crippen LogP contribution in [0.5, 0.6) is 0 Å². The van der Waals surface area contributed by atoms with Gasteiger partial charge in [-0.3, -0.25) is 0 Å². The molecule has 0 saturated carbocycles. The summed E-state index contributed by atoms with van der Waals surface area (Å²) in [6, 6.07) is 8.84. The average Bonchev–Trinajstić information content (AvgIpc) is 2.91. The molecule has 0 unspecified atom stereocenters. The van der Waals surface area contributed by atoms with E-state index in [1.807, 2.05) is 22.7 Å². The second-order valence-corrected chi connectivity index (χ2v) is 7.28. The minimum atomic E-state index is 0.567. The maximum absolute atomic E-state index is 2.27. The molecule has 0 aliphatic heterocycles. The molecule has 0 fully saturated rings. The van der Waals surface area contributed by atoms with Gasteiger partial charge in [0.05, 0.1) is 0 Å². The zero-order chi connectivity index (χ0) is 13.6. The van der Waals surface area contributed by atoms with Crippen molar-refractivity contribution in [2.45, 2.75) is 33.6 Å². The first-order valence-corrected chi connectivity index (χ1v) is 8.35. The molecule has 1 aromatic carbocycles. The normalized spacial score (nSPS) is 11.6. The van der Waals surface area contributed by atoms with Crippen molar-refractivity contribution in [1.29, 1.82) is 0 Å². The Morgan fingerprint density at radius 2 is 1.74 bits per heavy atom. The Balaban J connectivity index is 2.27. The summed E-state index contributed by atoms with van der Waals surface area (Å²) in [5, 5.41) is 2.27. The van der Waals surface area contributed by atoms with Crippen LogP contribution >= 0.6 is 22.7 Å². The molecule has 0 nitrogen and oxygen atoms in total. The molecule has 2 heterocycles. The first-order chi connectivity index (χ1) is 9.09. The van der Waals surface area contributed by atoms with Crippen LogP contribution in [0.1, 0.15) is 36.5 Å². The van der Waals surface area contributed by atoms with Crippen molar-refractivity contribution in [2.75, 3.05) is 0 Å². The first-order valence-electron chi connectivity index (χ1n) is 6.66. The van der Waals surface area contributed by atoms with E-state index < -0.39 is 0 Å². The highest BCUT2D eigenvalue weighted by Gasteiger charge is 2.16. The quantitative estimate of drug-likeness (QED) is 0.513. The Morgan fingerprint density at radius 3 is 2.42 bits per heavy atom. The summed E-state index contributed by atoms with van der Waals surface area (Å²) in [6.07, 6.45) is 0. The molecule has 0 saturated heterocycles. The summed E-state index contributed by atoms with van der Waals surface area (Å²) in [4.78, 5) is 1.45. The smallest absolute Gasteiger partial charge is 0.0489 e. The summed E-state index contributed by atoms with van der Waals surface area (Å²) in [7, 11) is 0. The van der Waals surface area contributed by atoms with Crippen molar-refractivity contribution in [3.8, 4) is 10.4 Å². The minimum Gasteiger partial charge on any atom is -0.142 e. The van der Waals surface area contributed by atoms with Crippen LogP contribution in [0.25, 0.3) is 19.8 Å². The van der Waals surface area contributed by atoms with Crippen molar-refractivity contribution in [1.82, 2.24) is 0 Å². The van der Waals surface area contributed by atoms with E-state index in [1.165, 1.54) is 36.5 Å². The maximum atomic E-state index is 2.27. The molecule has 3 aromatic rings. The van der Waals surface area contributed by atoms with E-state index in [9.17, 15) is 0 Å². The first kappa shape index (κ1) is 12.9. The van der Waals surface area contributed by atoms with E-state index in [0.717, 1.165) is 0 Å². The number of rotatable bonds is 2. The van der Waals surface area contributed by atoms with Crippen LogP contribution in [-0.4, -0.2) is 0 Å². The number of fused-ring (bicyclic) bond motifs is 1. The predicted molar refractivity (Wildman–Crippen MR) is 88.7 cm³/mol. The molecule has 0 bridgehead atoms. The molecule has 2 heteroatoms. The van der Waals surface area contributed by atoms with Crippen molar-refractivity contribution in [3.63, 3.8) is 0 Å². The van der Waals surface area contributed by atoms with E-state index in [1.54, 1.807) is 0 Å². The molecule has 2 aromatic heterocycles. The van der Waals surface area contributed by atoms with Crippen molar-refractivity contribution in [3.05, 3.63) is 46.3 Å². The van der Waals surface area contributed by atoms with E-state index >= 15 is 0 Å². The second-order valence-electron chi connectivity index (χ2n) is 5.38. The third-order valence-electron chi connectivity index (χ3n) is 3.63. The standard InChI is InChI=1S/C17H18S2/c1-10(2)13-7-5-6-8-14(13)16-12(4)17-15(19-16)11(3)9-18-17/h5-10H,1-4H3. The summed E-state index contributed by atoms with van der Waals surface area (Å²) in [5.41, 5.74) is 5.74. The molecule has 0 aliphatic carbocycles. The third-order valence-corrected chi connectivity index (χ3v) is 6.44. The molecule has 0 N–H and O–H groups in total. The number of aryl methyl sites for hydroxylation is 2. The molecular formula is C17H18S2. The van der Waals surface area contributed by atoms with Gasteiger partial charge in [-0.05, 0) is 47.4 Å². The molecule has 0 amide bonds. The molecule has 0 aliphatic rings. The lowest BCUT2D eigenvalue weighted by Gasteiger charge is -2.12. The fraction of sp³-hybridized carbons (Fsp3) is 0.294. The van der Waals surface area contributed by atoms with Crippen molar-refractivity contribution < 1.29 is 0 Å². The summed E-state index contributed by atoms with van der Waals surface area (Å²) in [5.74, 6) is 0.567. The lowest BCUT2D eigenvalue weighted by molar-refractivity contribution is 0.869. The van der Waals surface area contributed by atoms with Gasteiger partial charge in [0.25, 0.3) is 0 Å². The highest BCUT2D eigenvalue weighted by atomic mass is 32.1. The van der Waals surface area contributed by atoms with Crippen molar-refractivity contribution in [2.24, 2.45) is 0 Å². The third kappa shape index (κ3) is 2.03. The highest BCUT2D eigenvalue weighted by Crippen LogP contribution is 2.44. The van der Waals surface area contributed by atoms with E-state index in [0.29, 0.717) is 5.92 Å². The van der Waals surface area contributed by atoms with Crippen LogP contribution < -0.4 is 0 Å². The minimum absolute atomic E-state index is 0.567. The van der Waals surface area contributed by atoms with Gasteiger partial charge in [0.1, 0.15) is 0 Å². The summed E-state index contributed by atoms with van der Waals surface area (Å²) in [6.45, 7) is 9.03. The second kappa shape index (κ2) is 4.77. The molecule has 98 valence electrons. The van der Waals surface area contributed by atoms with Gasteiger partial charge in [-0.1, -0.05) is 38.1 Å². The fourth-order valence-electron chi connectivity index (χ4n) is 2.56. The van der Waals surface area contributed by atoms with Crippen LogP contribution in [0.15, 0.2) is 29.6 Å². The summed E-state index contributed by atoms with van der Waals surface area (Å²) >= 11 is 3.83. The highest BCUT2D eigenvalue weighted by molar-refractivity contribution is 7.29. The average molecular weight is 286 g/mol. The van der Waals surface area contributed by atoms with Crippen LogP contribution in [0, 0.1) is 13.8 Å². The van der Waals surface area contributed by atoms with E-state index in [4.69, 9.17) is 0 Å². The number of thiophene rings is 2. The van der Waals surface area contributed by atoms with E-state index in [-0.39, 0.29) is 0 Å². The lowest BCUT2D eigenvalue weighted by Crippen LogP contribution is -1.91. The van der Waals surface area contributed by atoms with Crippen LogP contribution in [-0.2, 0) is 0 Å². The van der Waals surface area contributed by atoms with Gasteiger partial charge < -0.3 is 0 Å². The Hall–Kier alpha value is -1.12. The zero-order valence-electron chi connectivity index (χ0n) is 11.8. The maximum Gasteiger partial charge on any atom is 0.0489 e. The lowest BCUT2D eigenvalue weighted by atomic mass is 9.95. The molecule has 0 atom stereocenters. The van der Waals surface area contributed by atoms with Gasteiger partial charge >= 0.3 is 0 Å². The van der Waals surface area contributed by atoms with Gasteiger partial charge in [0.15, 0.2) is 0 Å². The number of benzene rings is 1. The Labute approximate surface area is 122 Å². The SMILES string of the molecule is Cc1csc2c(C)c(-c3ccccc3C(C)C)sc12. The molecule has 19 heavy (non-hydrogen) atoms. The van der Waals surface area contributed by atoms with Crippen LogP contribution in [0.2, 0.25) is 0 Å². The number of hydrogen-bond acceptors (Lipinski definition) is 2. The monoisotopic (exact) mass is 286 g/mol. The molecular weight excluding hydrogens is 268 g/mol. The van der Waals surface area contributed by atoms with Gasteiger partial charge in [0, 0.05) is 14.3 Å². The van der Waals surface area contributed by atoms with Gasteiger partial charge in [-0.2, -0.15) is 0 Å². The Morgan fingerprint density at radius 1 is 1.00 bits per heavy atom. The Kier molecular flexibility index (Phi) is 3.23. The van der Waals surface area contributed by atoms with E-state index in [2.05, 4.69) is 57.3 Å². The molecule has 0 radical (unpaired) electrons.